The van der Waals surface area contributed by atoms with Gasteiger partial charge in [-0.25, -0.2) is 0 Å². The van der Waals surface area contributed by atoms with Crippen molar-refractivity contribution in [2.45, 2.75) is 46.6 Å². The molecule has 0 bridgehead atoms. The van der Waals surface area contributed by atoms with Gasteiger partial charge < -0.3 is 15.8 Å². The summed E-state index contributed by atoms with van der Waals surface area (Å²) in [5.41, 5.74) is 5.84. The number of rotatable bonds is 9. The Labute approximate surface area is 107 Å². The molecule has 0 saturated heterocycles. The lowest BCUT2D eigenvalue weighted by atomic mass is 9.84. The highest BCUT2D eigenvalue weighted by atomic mass is 16.5. The third kappa shape index (κ3) is 5.36. The zero-order valence-electron chi connectivity index (χ0n) is 12.5. The second kappa shape index (κ2) is 8.06. The monoisotopic (exact) mass is 244 g/mol. The van der Waals surface area contributed by atoms with E-state index in [1.807, 2.05) is 0 Å². The molecule has 1 atom stereocenters. The largest absolute Gasteiger partial charge is 0.383 e. The fourth-order valence-electron chi connectivity index (χ4n) is 2.41. The Morgan fingerprint density at radius 2 is 1.71 bits per heavy atom. The fraction of sp³-hybridized carbons (Fsp3) is 1.00. The van der Waals surface area contributed by atoms with Gasteiger partial charge in [-0.05, 0) is 30.7 Å². The number of nitrogens with two attached hydrogens (primary N) is 1. The summed E-state index contributed by atoms with van der Waals surface area (Å²) in [6.07, 6.45) is 1.00. The lowest BCUT2D eigenvalue weighted by Crippen LogP contribution is -2.56. The Balaban J connectivity index is 4.46. The minimum Gasteiger partial charge on any atom is -0.383 e. The molecule has 0 aliphatic rings. The van der Waals surface area contributed by atoms with Crippen molar-refractivity contribution in [2.24, 2.45) is 23.5 Å². The predicted octanol–water partition coefficient (Wildman–Crippen LogP) is 2.26. The smallest absolute Gasteiger partial charge is 0.0656 e. The second-order valence-corrected chi connectivity index (χ2v) is 5.80. The van der Waals surface area contributed by atoms with E-state index in [0.29, 0.717) is 30.9 Å². The number of hydrogen-bond donors (Lipinski definition) is 2. The van der Waals surface area contributed by atoms with E-state index in [-0.39, 0.29) is 5.54 Å². The molecule has 0 amide bonds. The fourth-order valence-corrected chi connectivity index (χ4v) is 2.41. The van der Waals surface area contributed by atoms with Crippen LogP contribution in [-0.4, -0.2) is 32.3 Å². The van der Waals surface area contributed by atoms with Crippen LogP contribution < -0.4 is 11.1 Å². The minimum atomic E-state index is -0.0587. The van der Waals surface area contributed by atoms with Gasteiger partial charge in [-0.15, -0.1) is 0 Å². The summed E-state index contributed by atoms with van der Waals surface area (Å²) in [5.74, 6) is 2.07. The van der Waals surface area contributed by atoms with Gasteiger partial charge in [0.25, 0.3) is 0 Å². The van der Waals surface area contributed by atoms with Crippen molar-refractivity contribution in [3.63, 3.8) is 0 Å². The van der Waals surface area contributed by atoms with Gasteiger partial charge in [-0.3, -0.25) is 0 Å². The van der Waals surface area contributed by atoms with Gasteiger partial charge in [0, 0.05) is 13.7 Å². The molecule has 1 unspecified atom stereocenters. The molecule has 3 N–H and O–H groups in total. The maximum absolute atomic E-state index is 5.90. The highest BCUT2D eigenvalue weighted by Gasteiger charge is 2.28. The van der Waals surface area contributed by atoms with Crippen LogP contribution in [0.5, 0.6) is 0 Å². The molecule has 3 nitrogen and oxygen atoms in total. The quantitative estimate of drug-likeness (QED) is 0.654. The summed E-state index contributed by atoms with van der Waals surface area (Å²) in [7, 11) is 1.74. The Morgan fingerprint density at radius 3 is 2.00 bits per heavy atom. The van der Waals surface area contributed by atoms with Gasteiger partial charge in [0.15, 0.2) is 0 Å². The molecule has 17 heavy (non-hydrogen) atoms. The van der Waals surface area contributed by atoms with Crippen molar-refractivity contribution in [3.05, 3.63) is 0 Å². The standard InChI is InChI=1S/C14H32N2O/c1-7-14(9-15,10-17-6)16-8-13(11(2)3)12(4)5/h11-13,16H,7-10,15H2,1-6H3. The van der Waals surface area contributed by atoms with Crippen LogP contribution in [-0.2, 0) is 4.74 Å². The first kappa shape index (κ1) is 16.9. The highest BCUT2D eigenvalue weighted by molar-refractivity contribution is 4.89. The van der Waals surface area contributed by atoms with Gasteiger partial charge in [0.1, 0.15) is 0 Å². The predicted molar refractivity (Wildman–Crippen MR) is 75.1 cm³/mol. The van der Waals surface area contributed by atoms with Crippen LogP contribution >= 0.6 is 0 Å². The van der Waals surface area contributed by atoms with E-state index in [9.17, 15) is 0 Å². The number of ether oxygens (including phenoxy) is 1. The number of methoxy groups -OCH3 is 1. The molecular formula is C14H32N2O. The summed E-state index contributed by atoms with van der Waals surface area (Å²) in [4.78, 5) is 0. The summed E-state index contributed by atoms with van der Waals surface area (Å²) in [6.45, 7) is 13.7. The van der Waals surface area contributed by atoms with E-state index < -0.39 is 0 Å². The third-order valence-corrected chi connectivity index (χ3v) is 3.91. The molecule has 0 aliphatic carbocycles. The van der Waals surface area contributed by atoms with Crippen molar-refractivity contribution in [1.82, 2.24) is 5.32 Å². The van der Waals surface area contributed by atoms with Crippen molar-refractivity contribution in [2.75, 3.05) is 26.8 Å². The van der Waals surface area contributed by atoms with E-state index in [1.54, 1.807) is 7.11 Å². The van der Waals surface area contributed by atoms with Crippen molar-refractivity contribution < 1.29 is 4.74 Å². The molecule has 0 aromatic carbocycles. The number of nitrogens with one attached hydrogen (secondary N) is 1. The van der Waals surface area contributed by atoms with Gasteiger partial charge in [-0.2, -0.15) is 0 Å². The van der Waals surface area contributed by atoms with Gasteiger partial charge in [0.2, 0.25) is 0 Å². The Bertz CT molecular complexity index is 181. The first-order valence-electron chi connectivity index (χ1n) is 6.86. The summed E-state index contributed by atoms with van der Waals surface area (Å²) >= 11 is 0. The van der Waals surface area contributed by atoms with Gasteiger partial charge >= 0.3 is 0 Å². The maximum Gasteiger partial charge on any atom is 0.0656 e. The van der Waals surface area contributed by atoms with Crippen molar-refractivity contribution in [3.8, 4) is 0 Å². The van der Waals surface area contributed by atoms with Gasteiger partial charge in [-0.1, -0.05) is 34.6 Å². The van der Waals surface area contributed by atoms with Crippen molar-refractivity contribution >= 4 is 0 Å². The molecule has 0 aromatic heterocycles. The average molecular weight is 244 g/mol. The van der Waals surface area contributed by atoms with Crippen LogP contribution in [0.2, 0.25) is 0 Å². The van der Waals surface area contributed by atoms with E-state index >= 15 is 0 Å². The summed E-state index contributed by atoms with van der Waals surface area (Å²) in [5, 5.41) is 3.65. The molecule has 0 saturated carbocycles. The van der Waals surface area contributed by atoms with Crippen molar-refractivity contribution in [1.29, 1.82) is 0 Å². The van der Waals surface area contributed by atoms with E-state index in [2.05, 4.69) is 39.9 Å². The lowest BCUT2D eigenvalue weighted by molar-refractivity contribution is 0.101. The lowest BCUT2D eigenvalue weighted by Gasteiger charge is -2.35. The van der Waals surface area contributed by atoms with Crippen LogP contribution in [0, 0.1) is 17.8 Å². The van der Waals surface area contributed by atoms with Gasteiger partial charge in [0.05, 0.1) is 12.1 Å². The molecule has 0 spiro atoms. The normalized spacial score (nSPS) is 15.9. The van der Waals surface area contributed by atoms with Crippen LogP contribution in [0.3, 0.4) is 0 Å². The molecule has 3 heteroatoms. The van der Waals surface area contributed by atoms with Crippen LogP contribution in [0.15, 0.2) is 0 Å². The zero-order valence-corrected chi connectivity index (χ0v) is 12.5. The summed E-state index contributed by atoms with van der Waals surface area (Å²) < 4.78 is 5.30. The van der Waals surface area contributed by atoms with Crippen LogP contribution in [0.1, 0.15) is 41.0 Å². The second-order valence-electron chi connectivity index (χ2n) is 5.80. The molecule has 0 aliphatic heterocycles. The van der Waals surface area contributed by atoms with E-state index in [4.69, 9.17) is 10.5 Å². The zero-order chi connectivity index (χ0) is 13.5. The first-order valence-corrected chi connectivity index (χ1v) is 6.86. The van der Waals surface area contributed by atoms with Crippen LogP contribution in [0.25, 0.3) is 0 Å². The molecule has 0 fully saturated rings. The van der Waals surface area contributed by atoms with E-state index in [0.717, 1.165) is 13.0 Å². The highest BCUT2D eigenvalue weighted by Crippen LogP contribution is 2.21. The molecule has 104 valence electrons. The molecule has 0 heterocycles. The first-order chi connectivity index (χ1) is 7.92. The minimum absolute atomic E-state index is 0.0587. The maximum atomic E-state index is 5.90. The van der Waals surface area contributed by atoms with Crippen LogP contribution in [0.4, 0.5) is 0 Å². The topological polar surface area (TPSA) is 47.3 Å². The average Bonchev–Trinajstić information content (AvgIpc) is 2.27. The third-order valence-electron chi connectivity index (χ3n) is 3.91. The SMILES string of the molecule is CCC(CN)(COC)NCC(C(C)C)C(C)C. The molecular weight excluding hydrogens is 212 g/mol. The summed E-state index contributed by atoms with van der Waals surface area (Å²) in [6, 6.07) is 0. The Hall–Kier alpha value is -0.120. The molecule has 0 rings (SSSR count). The van der Waals surface area contributed by atoms with E-state index in [1.165, 1.54) is 0 Å². The molecule has 0 radical (unpaired) electrons. The Kier molecular flexibility index (Phi) is 8.01. The number of hydrogen-bond acceptors (Lipinski definition) is 3. The molecule has 0 aromatic rings. The Morgan fingerprint density at radius 1 is 1.18 bits per heavy atom.